The summed E-state index contributed by atoms with van der Waals surface area (Å²) in [5.74, 6) is 0.649. The van der Waals surface area contributed by atoms with Crippen molar-refractivity contribution in [3.8, 4) is 5.75 Å². The Kier molecular flexibility index (Phi) is 4.74. The molecule has 0 amide bonds. The molecule has 0 radical (unpaired) electrons. The Labute approximate surface area is 122 Å². The normalized spacial score (nSPS) is 10.0. The number of benzene rings is 2. The molecule has 3 nitrogen and oxygen atoms in total. The Hall–Kier alpha value is -1.62. The molecule has 0 aromatic heterocycles. The van der Waals surface area contributed by atoms with Crippen LogP contribution in [0, 0.1) is 0 Å². The fourth-order valence-electron chi connectivity index (χ4n) is 1.51. The van der Waals surface area contributed by atoms with E-state index in [0.29, 0.717) is 15.9 Å². The molecule has 0 aliphatic carbocycles. The van der Waals surface area contributed by atoms with Crippen molar-refractivity contribution in [3.05, 3.63) is 59.1 Å². The third kappa shape index (κ3) is 4.21. The van der Waals surface area contributed by atoms with Crippen LogP contribution in [0.15, 0.2) is 48.5 Å². The van der Waals surface area contributed by atoms with Gasteiger partial charge in [-0.15, -0.1) is 0 Å². The number of ether oxygens (including phenoxy) is 1. The molecule has 0 saturated carbocycles. The first-order chi connectivity index (χ1) is 9.17. The number of hydrogen-bond acceptors (Lipinski definition) is 2. The smallest absolute Gasteiger partial charge is 0.266 e. The molecule has 0 aliphatic heterocycles. The molecule has 4 N–H and O–H groups in total. The second-order valence-corrected chi connectivity index (χ2v) is 4.72. The van der Waals surface area contributed by atoms with E-state index >= 15 is 0 Å². The van der Waals surface area contributed by atoms with Crippen molar-refractivity contribution in [1.29, 1.82) is 0 Å². The standard InChI is InChI=1S/C14H13ClN2OS/c15-11-3-7-13(8-4-11)18-14(19)17-12-5-1-10(9-16)2-6-12/h1-8H,9,16H2,(H,17,19)/p+1. The van der Waals surface area contributed by atoms with Crippen molar-refractivity contribution >= 4 is 34.7 Å². The molecule has 0 heterocycles. The first kappa shape index (κ1) is 13.8. The second kappa shape index (κ2) is 6.52. The van der Waals surface area contributed by atoms with Crippen molar-refractivity contribution in [3.63, 3.8) is 0 Å². The highest BCUT2D eigenvalue weighted by atomic mass is 35.5. The number of thiocarbonyl (C=S) groups is 1. The quantitative estimate of drug-likeness (QED) is 0.856. The van der Waals surface area contributed by atoms with Crippen molar-refractivity contribution < 1.29 is 10.5 Å². The van der Waals surface area contributed by atoms with Crippen LogP contribution in [0.2, 0.25) is 5.02 Å². The first-order valence-corrected chi connectivity index (χ1v) is 6.58. The zero-order valence-corrected chi connectivity index (χ0v) is 11.8. The Balaban J connectivity index is 1.95. The molecule has 0 aliphatic rings. The largest absolute Gasteiger partial charge is 0.432 e. The molecule has 0 saturated heterocycles. The van der Waals surface area contributed by atoms with E-state index in [-0.39, 0.29) is 0 Å². The number of quaternary nitrogens is 1. The van der Waals surface area contributed by atoms with Crippen LogP contribution in [-0.2, 0) is 6.54 Å². The molecule has 5 heteroatoms. The van der Waals surface area contributed by atoms with E-state index in [2.05, 4.69) is 11.1 Å². The number of anilines is 1. The summed E-state index contributed by atoms with van der Waals surface area (Å²) in [6, 6.07) is 14.9. The van der Waals surface area contributed by atoms with Gasteiger partial charge >= 0.3 is 0 Å². The van der Waals surface area contributed by atoms with E-state index in [4.69, 9.17) is 28.6 Å². The fraction of sp³-hybridized carbons (Fsp3) is 0.0714. The van der Waals surface area contributed by atoms with Crippen molar-refractivity contribution in [2.75, 3.05) is 5.32 Å². The maximum absolute atomic E-state index is 5.80. The molecule has 0 atom stereocenters. The lowest BCUT2D eigenvalue weighted by Gasteiger charge is -2.09. The van der Waals surface area contributed by atoms with Crippen LogP contribution in [0.25, 0.3) is 0 Å². The SMILES string of the molecule is [NH3+]Cc1ccc(NC(=S)Oc2ccc(Cl)cc2)cc1. The molecular weight excluding hydrogens is 280 g/mol. The summed E-state index contributed by atoms with van der Waals surface area (Å²) in [4.78, 5) is 0. The van der Waals surface area contributed by atoms with Crippen LogP contribution >= 0.6 is 23.8 Å². The van der Waals surface area contributed by atoms with E-state index in [0.717, 1.165) is 12.2 Å². The highest BCUT2D eigenvalue weighted by molar-refractivity contribution is 7.80. The summed E-state index contributed by atoms with van der Waals surface area (Å²) in [5.41, 5.74) is 5.89. The first-order valence-electron chi connectivity index (χ1n) is 5.80. The van der Waals surface area contributed by atoms with Crippen molar-refractivity contribution in [1.82, 2.24) is 0 Å². The van der Waals surface area contributed by atoms with E-state index in [1.165, 1.54) is 5.56 Å². The predicted molar refractivity (Wildman–Crippen MR) is 81.3 cm³/mol. The average molecular weight is 294 g/mol. The number of halogens is 1. The summed E-state index contributed by atoms with van der Waals surface area (Å²) >= 11 is 10.9. The molecule has 98 valence electrons. The van der Waals surface area contributed by atoms with Crippen LogP contribution in [-0.4, -0.2) is 5.17 Å². The minimum absolute atomic E-state index is 0.296. The van der Waals surface area contributed by atoms with Gasteiger partial charge in [-0.3, -0.25) is 0 Å². The molecule has 0 fully saturated rings. The third-order valence-corrected chi connectivity index (χ3v) is 2.95. The van der Waals surface area contributed by atoms with Crippen LogP contribution in [0.1, 0.15) is 5.56 Å². The molecule has 0 bridgehead atoms. The van der Waals surface area contributed by atoms with Gasteiger partial charge in [0.15, 0.2) is 0 Å². The van der Waals surface area contributed by atoms with E-state index in [9.17, 15) is 0 Å². The van der Waals surface area contributed by atoms with E-state index < -0.39 is 0 Å². The molecule has 2 aromatic carbocycles. The van der Waals surface area contributed by atoms with Gasteiger partial charge in [-0.1, -0.05) is 23.7 Å². The van der Waals surface area contributed by atoms with Gasteiger partial charge in [0.25, 0.3) is 5.17 Å². The second-order valence-electron chi connectivity index (χ2n) is 3.92. The van der Waals surface area contributed by atoms with Gasteiger partial charge in [-0.25, -0.2) is 0 Å². The summed E-state index contributed by atoms with van der Waals surface area (Å²) in [5, 5.41) is 3.97. The minimum Gasteiger partial charge on any atom is -0.432 e. The highest BCUT2D eigenvalue weighted by Gasteiger charge is 2.01. The zero-order valence-electron chi connectivity index (χ0n) is 10.2. The molecule has 0 unspecified atom stereocenters. The molecular formula is C14H14ClN2OS+. The van der Waals surface area contributed by atoms with Gasteiger partial charge < -0.3 is 15.8 Å². The Morgan fingerprint density at radius 2 is 1.74 bits per heavy atom. The minimum atomic E-state index is 0.296. The number of hydrogen-bond donors (Lipinski definition) is 2. The lowest BCUT2D eigenvalue weighted by Crippen LogP contribution is -2.47. The predicted octanol–water partition coefficient (Wildman–Crippen LogP) is 2.86. The monoisotopic (exact) mass is 293 g/mol. The van der Waals surface area contributed by atoms with Gasteiger partial charge in [0.2, 0.25) is 0 Å². The van der Waals surface area contributed by atoms with Crippen LogP contribution in [0.3, 0.4) is 0 Å². The van der Waals surface area contributed by atoms with E-state index in [1.54, 1.807) is 24.3 Å². The number of rotatable bonds is 3. The topological polar surface area (TPSA) is 48.9 Å². The summed E-state index contributed by atoms with van der Waals surface area (Å²) in [7, 11) is 0. The molecule has 2 rings (SSSR count). The Morgan fingerprint density at radius 1 is 1.11 bits per heavy atom. The average Bonchev–Trinajstić information content (AvgIpc) is 2.42. The van der Waals surface area contributed by atoms with Crippen LogP contribution in [0.5, 0.6) is 5.75 Å². The lowest BCUT2D eigenvalue weighted by molar-refractivity contribution is -0.386. The summed E-state index contributed by atoms with van der Waals surface area (Å²) < 4.78 is 5.48. The third-order valence-electron chi connectivity index (χ3n) is 2.51. The van der Waals surface area contributed by atoms with Crippen molar-refractivity contribution in [2.45, 2.75) is 6.54 Å². The fourth-order valence-corrected chi connectivity index (χ4v) is 1.85. The number of nitrogens with one attached hydrogen (secondary N) is 1. The van der Waals surface area contributed by atoms with E-state index in [1.807, 2.05) is 24.3 Å². The lowest BCUT2D eigenvalue weighted by atomic mass is 10.2. The molecule has 0 spiro atoms. The van der Waals surface area contributed by atoms with Gasteiger partial charge in [-0.2, -0.15) is 0 Å². The van der Waals surface area contributed by atoms with Gasteiger partial charge in [0.1, 0.15) is 5.75 Å². The highest BCUT2D eigenvalue weighted by Crippen LogP contribution is 2.16. The molecule has 2 aromatic rings. The van der Waals surface area contributed by atoms with Crippen LogP contribution < -0.4 is 15.8 Å². The van der Waals surface area contributed by atoms with Gasteiger partial charge in [-0.05, 0) is 48.6 Å². The maximum Gasteiger partial charge on any atom is 0.266 e. The Bertz CT molecular complexity index is 555. The van der Waals surface area contributed by atoms with Crippen LogP contribution in [0.4, 0.5) is 5.69 Å². The maximum atomic E-state index is 5.80. The molecule has 19 heavy (non-hydrogen) atoms. The zero-order chi connectivity index (χ0) is 13.7. The van der Waals surface area contributed by atoms with Gasteiger partial charge in [0, 0.05) is 16.3 Å². The summed E-state index contributed by atoms with van der Waals surface area (Å²) in [6.07, 6.45) is 0. The Morgan fingerprint density at radius 3 is 2.32 bits per heavy atom. The summed E-state index contributed by atoms with van der Waals surface area (Å²) in [6.45, 7) is 0.770. The van der Waals surface area contributed by atoms with Crippen molar-refractivity contribution in [2.24, 2.45) is 0 Å². The van der Waals surface area contributed by atoms with Gasteiger partial charge in [0.05, 0.1) is 6.54 Å².